The van der Waals surface area contributed by atoms with Crippen LogP contribution in [0.5, 0.6) is 5.75 Å². The molecule has 3 rings (SSSR count). The van der Waals surface area contributed by atoms with Crippen LogP contribution in [0.4, 0.5) is 5.69 Å². The zero-order valence-electron chi connectivity index (χ0n) is 18.0. The van der Waals surface area contributed by atoms with E-state index < -0.39 is 15.9 Å². The molecule has 0 unspecified atom stereocenters. The first-order valence-corrected chi connectivity index (χ1v) is 12.4. The van der Waals surface area contributed by atoms with Crippen molar-refractivity contribution in [3.05, 3.63) is 88.4 Å². The number of nitrogens with zero attached hydrogens (tertiary/aromatic N) is 1. The highest BCUT2D eigenvalue weighted by molar-refractivity contribution is 7.92. The van der Waals surface area contributed by atoms with E-state index >= 15 is 0 Å². The predicted molar refractivity (Wildman–Crippen MR) is 132 cm³/mol. The van der Waals surface area contributed by atoms with E-state index in [9.17, 15) is 13.2 Å². The van der Waals surface area contributed by atoms with Gasteiger partial charge in [-0.15, -0.1) is 0 Å². The quantitative estimate of drug-likeness (QED) is 0.394. The number of rotatable bonds is 10. The minimum Gasteiger partial charge on any atom is -0.497 e. The van der Waals surface area contributed by atoms with Gasteiger partial charge in [-0.1, -0.05) is 41.4 Å². The standard InChI is InChI=1S/C24H24Cl2N2O4S/c1-32-21-12-14-22(15-13-21)33(30,31)28(20-10-8-19(25)9-11-20)17-24(29)27-16-4-6-18-5-2-3-7-23(18)26/h2-3,5,7-15H,4,6,16-17H2,1H3,(H,27,29). The molecule has 1 amide bonds. The highest BCUT2D eigenvalue weighted by Crippen LogP contribution is 2.26. The normalized spacial score (nSPS) is 11.1. The van der Waals surface area contributed by atoms with Crippen molar-refractivity contribution in [2.45, 2.75) is 17.7 Å². The molecule has 174 valence electrons. The summed E-state index contributed by atoms with van der Waals surface area (Å²) in [6, 6.07) is 19.8. The molecule has 0 saturated carbocycles. The van der Waals surface area contributed by atoms with Crippen LogP contribution in [-0.2, 0) is 21.2 Å². The Kier molecular flexibility index (Phi) is 8.61. The largest absolute Gasteiger partial charge is 0.497 e. The number of anilines is 1. The molecule has 3 aromatic rings. The van der Waals surface area contributed by atoms with Crippen LogP contribution in [0.1, 0.15) is 12.0 Å². The number of halogens is 2. The van der Waals surface area contributed by atoms with Gasteiger partial charge in [-0.25, -0.2) is 8.42 Å². The van der Waals surface area contributed by atoms with Gasteiger partial charge in [0.25, 0.3) is 10.0 Å². The number of hydrogen-bond donors (Lipinski definition) is 1. The Hall–Kier alpha value is -2.74. The van der Waals surface area contributed by atoms with Gasteiger partial charge in [0.2, 0.25) is 5.91 Å². The lowest BCUT2D eigenvalue weighted by Crippen LogP contribution is -2.41. The lowest BCUT2D eigenvalue weighted by atomic mass is 10.1. The molecule has 0 atom stereocenters. The second-order valence-electron chi connectivity index (χ2n) is 7.21. The van der Waals surface area contributed by atoms with E-state index in [1.807, 2.05) is 24.3 Å². The van der Waals surface area contributed by atoms with Crippen LogP contribution in [-0.4, -0.2) is 34.5 Å². The Morgan fingerprint density at radius 3 is 2.27 bits per heavy atom. The first-order valence-electron chi connectivity index (χ1n) is 10.2. The molecule has 1 N–H and O–H groups in total. The number of benzene rings is 3. The average molecular weight is 507 g/mol. The summed E-state index contributed by atoms with van der Waals surface area (Å²) in [6.07, 6.45) is 1.37. The Labute approximate surface area is 204 Å². The maximum atomic E-state index is 13.4. The lowest BCUT2D eigenvalue weighted by molar-refractivity contribution is -0.119. The van der Waals surface area contributed by atoms with Crippen molar-refractivity contribution in [3.63, 3.8) is 0 Å². The molecule has 0 bridgehead atoms. The topological polar surface area (TPSA) is 75.7 Å². The predicted octanol–water partition coefficient (Wildman–Crippen LogP) is 4.95. The number of amides is 1. The fourth-order valence-corrected chi connectivity index (χ4v) is 4.97. The van der Waals surface area contributed by atoms with E-state index in [4.69, 9.17) is 27.9 Å². The molecule has 6 nitrogen and oxygen atoms in total. The molecular formula is C24H24Cl2N2O4S. The van der Waals surface area contributed by atoms with Gasteiger partial charge in [-0.2, -0.15) is 0 Å². The molecule has 0 heterocycles. The maximum absolute atomic E-state index is 13.4. The highest BCUT2D eigenvalue weighted by Gasteiger charge is 2.27. The van der Waals surface area contributed by atoms with Crippen LogP contribution in [0.25, 0.3) is 0 Å². The summed E-state index contributed by atoms with van der Waals surface area (Å²) < 4.78 is 32.9. The van der Waals surface area contributed by atoms with Gasteiger partial charge in [0.15, 0.2) is 0 Å². The molecule has 33 heavy (non-hydrogen) atoms. The van der Waals surface area contributed by atoms with Crippen LogP contribution in [0.2, 0.25) is 10.0 Å². The summed E-state index contributed by atoms with van der Waals surface area (Å²) in [5.41, 5.74) is 1.33. The van der Waals surface area contributed by atoms with E-state index in [0.29, 0.717) is 40.9 Å². The second kappa shape index (κ2) is 11.4. The van der Waals surface area contributed by atoms with Gasteiger partial charge in [-0.3, -0.25) is 9.10 Å². The first kappa shape index (κ1) is 24.9. The van der Waals surface area contributed by atoms with Gasteiger partial charge in [0.05, 0.1) is 17.7 Å². The number of aryl methyl sites for hydroxylation is 1. The van der Waals surface area contributed by atoms with Crippen molar-refractivity contribution in [1.29, 1.82) is 0 Å². The van der Waals surface area contributed by atoms with Crippen molar-refractivity contribution in [3.8, 4) is 5.75 Å². The maximum Gasteiger partial charge on any atom is 0.264 e. The lowest BCUT2D eigenvalue weighted by Gasteiger charge is -2.24. The number of nitrogens with one attached hydrogen (secondary N) is 1. The molecule has 0 fully saturated rings. The number of methoxy groups -OCH3 is 1. The molecule has 9 heteroatoms. The number of carbonyl (C=O) groups is 1. The average Bonchev–Trinajstić information content (AvgIpc) is 2.82. The molecule has 0 aliphatic heterocycles. The van der Waals surface area contributed by atoms with E-state index in [0.717, 1.165) is 9.87 Å². The third kappa shape index (κ3) is 6.63. The van der Waals surface area contributed by atoms with Gasteiger partial charge in [0.1, 0.15) is 12.3 Å². The van der Waals surface area contributed by atoms with E-state index in [2.05, 4.69) is 5.32 Å². The zero-order valence-corrected chi connectivity index (χ0v) is 20.3. The molecule has 0 aliphatic carbocycles. The molecule has 0 aliphatic rings. The van der Waals surface area contributed by atoms with Crippen LogP contribution < -0.4 is 14.4 Å². The summed E-state index contributed by atoms with van der Waals surface area (Å²) in [7, 11) is -2.51. The minimum atomic E-state index is -4.01. The van der Waals surface area contributed by atoms with Crippen molar-refractivity contribution >= 4 is 44.8 Å². The van der Waals surface area contributed by atoms with Crippen molar-refractivity contribution in [2.75, 3.05) is 24.5 Å². The SMILES string of the molecule is COc1ccc(S(=O)(=O)N(CC(=O)NCCCc2ccccc2Cl)c2ccc(Cl)cc2)cc1. The van der Waals surface area contributed by atoms with Crippen LogP contribution in [0.3, 0.4) is 0 Å². The number of carbonyl (C=O) groups excluding carboxylic acids is 1. The fourth-order valence-electron chi connectivity index (χ4n) is 3.19. The Morgan fingerprint density at radius 2 is 1.64 bits per heavy atom. The molecule has 0 aromatic heterocycles. The monoisotopic (exact) mass is 506 g/mol. The summed E-state index contributed by atoms with van der Waals surface area (Å²) in [5, 5.41) is 3.94. The van der Waals surface area contributed by atoms with Crippen LogP contribution in [0.15, 0.2) is 77.7 Å². The molecule has 3 aromatic carbocycles. The fraction of sp³-hybridized carbons (Fsp3) is 0.208. The van der Waals surface area contributed by atoms with Crippen molar-refractivity contribution < 1.29 is 17.9 Å². The Morgan fingerprint density at radius 1 is 0.970 bits per heavy atom. The summed E-state index contributed by atoms with van der Waals surface area (Å²) >= 11 is 12.1. The minimum absolute atomic E-state index is 0.0461. The molecule has 0 spiro atoms. The Balaban J connectivity index is 1.72. The summed E-state index contributed by atoms with van der Waals surface area (Å²) in [4.78, 5) is 12.7. The van der Waals surface area contributed by atoms with Gasteiger partial charge >= 0.3 is 0 Å². The van der Waals surface area contributed by atoms with E-state index in [1.54, 1.807) is 36.4 Å². The highest BCUT2D eigenvalue weighted by atomic mass is 35.5. The van der Waals surface area contributed by atoms with Gasteiger partial charge in [-0.05, 0) is 73.0 Å². The van der Waals surface area contributed by atoms with Gasteiger partial charge < -0.3 is 10.1 Å². The molecule has 0 saturated heterocycles. The van der Waals surface area contributed by atoms with Gasteiger partial charge in [0, 0.05) is 16.6 Å². The molecular weight excluding hydrogens is 483 g/mol. The first-order chi connectivity index (χ1) is 15.8. The third-order valence-electron chi connectivity index (χ3n) is 4.95. The van der Waals surface area contributed by atoms with E-state index in [1.165, 1.54) is 19.2 Å². The Bertz CT molecular complexity index is 1180. The number of sulfonamides is 1. The zero-order chi connectivity index (χ0) is 23.8. The summed E-state index contributed by atoms with van der Waals surface area (Å²) in [5.74, 6) is 0.115. The number of hydrogen-bond acceptors (Lipinski definition) is 4. The van der Waals surface area contributed by atoms with Crippen molar-refractivity contribution in [2.24, 2.45) is 0 Å². The molecule has 0 radical (unpaired) electrons. The number of ether oxygens (including phenoxy) is 1. The van der Waals surface area contributed by atoms with Crippen LogP contribution >= 0.6 is 23.2 Å². The van der Waals surface area contributed by atoms with Crippen molar-refractivity contribution in [1.82, 2.24) is 5.32 Å². The van der Waals surface area contributed by atoms with Crippen LogP contribution in [0, 0.1) is 0 Å². The smallest absolute Gasteiger partial charge is 0.264 e. The second-order valence-corrected chi connectivity index (χ2v) is 9.91. The van der Waals surface area contributed by atoms with E-state index in [-0.39, 0.29) is 11.4 Å². The third-order valence-corrected chi connectivity index (χ3v) is 7.36. The summed E-state index contributed by atoms with van der Waals surface area (Å²) in [6.45, 7) is 0.0170.